The summed E-state index contributed by atoms with van der Waals surface area (Å²) in [4.78, 5) is 12.1. The largest absolute Gasteiger partial charge is 0.493 e. The molecule has 26 heavy (non-hydrogen) atoms. The van der Waals surface area contributed by atoms with E-state index in [0.29, 0.717) is 28.9 Å². The Morgan fingerprint density at radius 1 is 1.08 bits per heavy atom. The number of anilines is 1. The molecule has 6 heteroatoms. The summed E-state index contributed by atoms with van der Waals surface area (Å²) in [6.45, 7) is 4.25. The van der Waals surface area contributed by atoms with Gasteiger partial charge in [0.05, 0.1) is 18.7 Å². The van der Waals surface area contributed by atoms with E-state index in [4.69, 9.17) is 14.2 Å². The zero-order valence-corrected chi connectivity index (χ0v) is 17.1. The molecule has 0 spiro atoms. The van der Waals surface area contributed by atoms with Gasteiger partial charge in [-0.15, -0.1) is 0 Å². The summed E-state index contributed by atoms with van der Waals surface area (Å²) in [5.74, 6) is 2.02. The number of rotatable bonds is 8. The molecule has 140 valence electrons. The van der Waals surface area contributed by atoms with Crippen molar-refractivity contribution in [2.45, 2.75) is 26.2 Å². The van der Waals surface area contributed by atoms with Gasteiger partial charge in [0.15, 0.2) is 18.1 Å². The van der Waals surface area contributed by atoms with Gasteiger partial charge in [0.1, 0.15) is 5.75 Å². The first-order valence-electron chi connectivity index (χ1n) is 8.42. The highest BCUT2D eigenvalue weighted by atomic mass is 79.9. The van der Waals surface area contributed by atoms with E-state index in [9.17, 15) is 4.79 Å². The molecule has 0 saturated carbocycles. The van der Waals surface area contributed by atoms with Crippen molar-refractivity contribution in [3.05, 3.63) is 46.4 Å². The third-order valence-corrected chi connectivity index (χ3v) is 4.78. The highest BCUT2D eigenvalue weighted by molar-refractivity contribution is 9.10. The average Bonchev–Trinajstić information content (AvgIpc) is 2.66. The van der Waals surface area contributed by atoms with E-state index in [-0.39, 0.29) is 12.5 Å². The van der Waals surface area contributed by atoms with Crippen LogP contribution in [0.4, 0.5) is 5.69 Å². The minimum absolute atomic E-state index is 0.0877. The monoisotopic (exact) mass is 421 g/mol. The maximum atomic E-state index is 12.1. The quantitative estimate of drug-likeness (QED) is 0.651. The normalized spacial score (nSPS) is 11.6. The Labute approximate surface area is 162 Å². The third-order valence-electron chi connectivity index (χ3n) is 4.16. The summed E-state index contributed by atoms with van der Waals surface area (Å²) in [6, 6.07) is 11.1. The first-order chi connectivity index (χ1) is 12.5. The number of amides is 1. The van der Waals surface area contributed by atoms with Crippen LogP contribution in [-0.2, 0) is 4.79 Å². The Hall–Kier alpha value is -2.21. The van der Waals surface area contributed by atoms with Crippen LogP contribution in [0.3, 0.4) is 0 Å². The van der Waals surface area contributed by atoms with Gasteiger partial charge in [-0.2, -0.15) is 0 Å². The lowest BCUT2D eigenvalue weighted by molar-refractivity contribution is -0.118. The highest BCUT2D eigenvalue weighted by Gasteiger charge is 2.11. The van der Waals surface area contributed by atoms with Crippen LogP contribution < -0.4 is 19.5 Å². The Bertz CT molecular complexity index is 763. The molecule has 2 aromatic carbocycles. The molecule has 1 amide bonds. The van der Waals surface area contributed by atoms with Gasteiger partial charge < -0.3 is 19.5 Å². The minimum atomic E-state index is -0.255. The van der Waals surface area contributed by atoms with Crippen LogP contribution in [0.5, 0.6) is 17.2 Å². The molecule has 0 aliphatic heterocycles. The molecule has 1 atom stereocenters. The van der Waals surface area contributed by atoms with Gasteiger partial charge >= 0.3 is 0 Å². The smallest absolute Gasteiger partial charge is 0.262 e. The van der Waals surface area contributed by atoms with Crippen molar-refractivity contribution in [2.24, 2.45) is 0 Å². The lowest BCUT2D eigenvalue weighted by Crippen LogP contribution is -2.20. The molecule has 0 heterocycles. The van der Waals surface area contributed by atoms with Gasteiger partial charge in [-0.1, -0.05) is 19.9 Å². The molecule has 1 N–H and O–H groups in total. The minimum Gasteiger partial charge on any atom is -0.493 e. The van der Waals surface area contributed by atoms with E-state index >= 15 is 0 Å². The molecule has 5 nitrogen and oxygen atoms in total. The molecule has 0 aliphatic carbocycles. The second kappa shape index (κ2) is 9.48. The SMILES string of the molecule is CCC(C)c1ccc(OCC(=O)Nc2ccc(OC)c(OC)c2)c(Br)c1. The zero-order chi connectivity index (χ0) is 19.1. The van der Waals surface area contributed by atoms with Crippen LogP contribution >= 0.6 is 15.9 Å². The average molecular weight is 422 g/mol. The van der Waals surface area contributed by atoms with E-state index in [2.05, 4.69) is 35.1 Å². The molecule has 0 bridgehead atoms. The zero-order valence-electron chi connectivity index (χ0n) is 15.5. The van der Waals surface area contributed by atoms with E-state index < -0.39 is 0 Å². The molecule has 2 aromatic rings. The fraction of sp³-hybridized carbons (Fsp3) is 0.350. The second-order valence-corrected chi connectivity index (χ2v) is 6.76. The van der Waals surface area contributed by atoms with Crippen LogP contribution in [0, 0.1) is 0 Å². The molecular formula is C20H24BrNO4. The van der Waals surface area contributed by atoms with Crippen LogP contribution in [0.1, 0.15) is 31.7 Å². The van der Waals surface area contributed by atoms with Gasteiger partial charge in [-0.05, 0) is 58.1 Å². The van der Waals surface area contributed by atoms with Gasteiger partial charge in [0.25, 0.3) is 5.91 Å². The van der Waals surface area contributed by atoms with Crippen LogP contribution in [0.15, 0.2) is 40.9 Å². The summed E-state index contributed by atoms with van der Waals surface area (Å²) in [6.07, 6.45) is 1.07. The number of ether oxygens (including phenoxy) is 3. The van der Waals surface area contributed by atoms with Crippen LogP contribution in [0.2, 0.25) is 0 Å². The molecule has 0 radical (unpaired) electrons. The fourth-order valence-electron chi connectivity index (χ4n) is 2.43. The number of benzene rings is 2. The maximum absolute atomic E-state index is 12.1. The number of carbonyl (C=O) groups excluding carboxylic acids is 1. The fourth-order valence-corrected chi connectivity index (χ4v) is 2.94. The van der Waals surface area contributed by atoms with Crippen molar-refractivity contribution in [3.63, 3.8) is 0 Å². The van der Waals surface area contributed by atoms with E-state index in [1.165, 1.54) is 5.56 Å². The van der Waals surface area contributed by atoms with Crippen molar-refractivity contribution in [1.82, 2.24) is 0 Å². The predicted octanol–water partition coefficient (Wildman–Crippen LogP) is 5.00. The van der Waals surface area contributed by atoms with Crippen molar-refractivity contribution in [2.75, 3.05) is 26.1 Å². The molecule has 0 fully saturated rings. The number of nitrogens with one attached hydrogen (secondary N) is 1. The van der Waals surface area contributed by atoms with E-state index in [1.807, 2.05) is 18.2 Å². The van der Waals surface area contributed by atoms with Gasteiger partial charge in [-0.3, -0.25) is 4.79 Å². The summed E-state index contributed by atoms with van der Waals surface area (Å²) in [5, 5.41) is 2.78. The van der Waals surface area contributed by atoms with E-state index in [0.717, 1.165) is 10.9 Å². The number of halogens is 1. The third kappa shape index (κ3) is 5.14. The molecule has 0 aliphatic rings. The summed E-state index contributed by atoms with van der Waals surface area (Å²) >= 11 is 3.51. The number of carbonyl (C=O) groups is 1. The summed E-state index contributed by atoms with van der Waals surface area (Å²) in [5.41, 5.74) is 1.85. The molecular weight excluding hydrogens is 398 g/mol. The lowest BCUT2D eigenvalue weighted by atomic mass is 9.99. The standard InChI is InChI=1S/C20H24BrNO4/c1-5-13(2)14-6-8-17(16(21)10-14)26-12-20(23)22-15-7-9-18(24-3)19(11-15)25-4/h6-11,13H,5,12H2,1-4H3,(H,22,23). The number of methoxy groups -OCH3 is 2. The Morgan fingerprint density at radius 3 is 2.38 bits per heavy atom. The number of hydrogen-bond acceptors (Lipinski definition) is 4. The van der Waals surface area contributed by atoms with Gasteiger partial charge in [-0.25, -0.2) is 0 Å². The van der Waals surface area contributed by atoms with Crippen molar-refractivity contribution < 1.29 is 19.0 Å². The first-order valence-corrected chi connectivity index (χ1v) is 9.21. The lowest BCUT2D eigenvalue weighted by Gasteiger charge is -2.13. The molecule has 0 saturated heterocycles. The van der Waals surface area contributed by atoms with Crippen LogP contribution in [-0.4, -0.2) is 26.7 Å². The van der Waals surface area contributed by atoms with Crippen molar-refractivity contribution in [3.8, 4) is 17.2 Å². The Balaban J connectivity index is 1.97. The van der Waals surface area contributed by atoms with Crippen LogP contribution in [0.25, 0.3) is 0 Å². The second-order valence-electron chi connectivity index (χ2n) is 5.91. The van der Waals surface area contributed by atoms with Crippen molar-refractivity contribution >= 4 is 27.5 Å². The van der Waals surface area contributed by atoms with Crippen molar-refractivity contribution in [1.29, 1.82) is 0 Å². The van der Waals surface area contributed by atoms with Gasteiger partial charge in [0, 0.05) is 11.8 Å². The highest BCUT2D eigenvalue weighted by Crippen LogP contribution is 2.31. The topological polar surface area (TPSA) is 56.8 Å². The predicted molar refractivity (Wildman–Crippen MR) is 107 cm³/mol. The summed E-state index contributed by atoms with van der Waals surface area (Å²) < 4.78 is 16.9. The van der Waals surface area contributed by atoms with E-state index in [1.54, 1.807) is 32.4 Å². The molecule has 0 aromatic heterocycles. The van der Waals surface area contributed by atoms with Gasteiger partial charge in [0.2, 0.25) is 0 Å². The number of hydrogen-bond donors (Lipinski definition) is 1. The Kier molecular flexibility index (Phi) is 7.33. The molecule has 1 unspecified atom stereocenters. The maximum Gasteiger partial charge on any atom is 0.262 e. The Morgan fingerprint density at radius 2 is 1.77 bits per heavy atom. The first kappa shape index (κ1) is 20.1. The molecule has 2 rings (SSSR count). The summed E-state index contributed by atoms with van der Waals surface area (Å²) in [7, 11) is 3.11.